The number of nitrogens with one attached hydrogen (secondary N) is 1. The number of ether oxygens (including phenoxy) is 2. The maximum Gasteiger partial charge on any atom is 0.277 e. The molecule has 0 saturated heterocycles. The maximum absolute atomic E-state index is 12.2. The Morgan fingerprint density at radius 3 is 2.70 bits per heavy atom. The molecule has 0 aliphatic heterocycles. The fourth-order valence-electron chi connectivity index (χ4n) is 2.20. The predicted octanol–water partition coefficient (Wildman–Crippen LogP) is 3.17. The van der Waals surface area contributed by atoms with Crippen LogP contribution in [0.5, 0.6) is 11.5 Å². The van der Waals surface area contributed by atoms with E-state index in [4.69, 9.17) is 18.4 Å². The van der Waals surface area contributed by atoms with E-state index in [1.807, 2.05) is 0 Å². The van der Waals surface area contributed by atoms with Crippen molar-refractivity contribution in [2.75, 3.05) is 19.5 Å². The smallest absolute Gasteiger partial charge is 0.277 e. The van der Waals surface area contributed by atoms with Gasteiger partial charge in [-0.2, -0.15) is 0 Å². The van der Waals surface area contributed by atoms with Gasteiger partial charge in [-0.3, -0.25) is 4.79 Å². The highest BCUT2D eigenvalue weighted by Crippen LogP contribution is 2.34. The second-order valence-electron chi connectivity index (χ2n) is 5.51. The first-order valence-corrected chi connectivity index (χ1v) is 8.85. The Kier molecular flexibility index (Phi) is 5.65. The van der Waals surface area contributed by atoms with Gasteiger partial charge in [0.15, 0.2) is 5.82 Å². The number of amides is 1. The van der Waals surface area contributed by atoms with Gasteiger partial charge in [-0.05, 0) is 26.0 Å². The molecule has 0 radical (unpaired) electrons. The first-order valence-electron chi connectivity index (χ1n) is 7.97. The lowest BCUT2D eigenvalue weighted by molar-refractivity contribution is -0.115. The minimum absolute atomic E-state index is 0.255. The zero-order valence-corrected chi connectivity index (χ0v) is 16.0. The lowest BCUT2D eigenvalue weighted by Crippen LogP contribution is -2.22. The molecule has 1 aromatic carbocycles. The van der Waals surface area contributed by atoms with Gasteiger partial charge in [0, 0.05) is 12.1 Å². The molecule has 3 aromatic rings. The maximum atomic E-state index is 12.2. The van der Waals surface area contributed by atoms with Gasteiger partial charge in [-0.25, -0.2) is 0 Å². The number of aromatic nitrogens is 3. The van der Waals surface area contributed by atoms with Crippen molar-refractivity contribution in [1.82, 2.24) is 15.4 Å². The standard InChI is InChI=1S/C17H18N4O5S/c1-9-7-14(21-26-9)18-15(22)10(2)27-17-20-19-16(25-17)12-6-5-11(23-3)8-13(12)24-4/h5-8,10H,1-4H3,(H,18,21,22)/t10-/m1/s1. The van der Waals surface area contributed by atoms with Crippen molar-refractivity contribution in [3.05, 3.63) is 30.0 Å². The SMILES string of the molecule is COc1ccc(-c2nnc(S[C@H](C)C(=O)Nc3cc(C)on3)o2)c(OC)c1. The molecule has 1 amide bonds. The molecule has 0 fully saturated rings. The van der Waals surface area contributed by atoms with Gasteiger partial charge in [0.05, 0.1) is 25.0 Å². The zero-order valence-electron chi connectivity index (χ0n) is 15.2. The molecule has 0 bridgehead atoms. The Morgan fingerprint density at radius 1 is 1.22 bits per heavy atom. The van der Waals surface area contributed by atoms with E-state index in [1.165, 1.54) is 0 Å². The van der Waals surface area contributed by atoms with Crippen LogP contribution in [0.15, 0.2) is 38.4 Å². The van der Waals surface area contributed by atoms with Crippen molar-refractivity contribution in [2.45, 2.75) is 24.3 Å². The summed E-state index contributed by atoms with van der Waals surface area (Å²) in [5.41, 5.74) is 0.632. The Balaban J connectivity index is 1.69. The van der Waals surface area contributed by atoms with E-state index in [-0.39, 0.29) is 17.0 Å². The zero-order chi connectivity index (χ0) is 19.4. The Labute approximate surface area is 159 Å². The first kappa shape index (κ1) is 18.8. The Hall–Kier alpha value is -3.01. The highest BCUT2D eigenvalue weighted by molar-refractivity contribution is 8.00. The predicted molar refractivity (Wildman–Crippen MR) is 98.0 cm³/mol. The van der Waals surface area contributed by atoms with E-state index in [0.717, 1.165) is 11.8 Å². The van der Waals surface area contributed by atoms with Crippen molar-refractivity contribution in [2.24, 2.45) is 0 Å². The van der Waals surface area contributed by atoms with Gasteiger partial charge >= 0.3 is 0 Å². The minimum atomic E-state index is -0.479. The molecule has 3 rings (SSSR count). The topological polar surface area (TPSA) is 113 Å². The summed E-state index contributed by atoms with van der Waals surface area (Å²) < 4.78 is 21.1. The summed E-state index contributed by atoms with van der Waals surface area (Å²) >= 11 is 1.14. The molecule has 2 heterocycles. The second kappa shape index (κ2) is 8.12. The number of carbonyl (C=O) groups excluding carboxylic acids is 1. The molecule has 0 unspecified atom stereocenters. The molecule has 27 heavy (non-hydrogen) atoms. The van der Waals surface area contributed by atoms with Crippen LogP contribution < -0.4 is 14.8 Å². The van der Waals surface area contributed by atoms with Crippen LogP contribution >= 0.6 is 11.8 Å². The van der Waals surface area contributed by atoms with Gasteiger partial charge in [0.2, 0.25) is 5.91 Å². The highest BCUT2D eigenvalue weighted by atomic mass is 32.2. The Morgan fingerprint density at radius 2 is 2.04 bits per heavy atom. The highest BCUT2D eigenvalue weighted by Gasteiger charge is 2.21. The number of aryl methyl sites for hydroxylation is 1. The molecule has 142 valence electrons. The molecular weight excluding hydrogens is 372 g/mol. The molecule has 0 aliphatic rings. The summed E-state index contributed by atoms with van der Waals surface area (Å²) in [5, 5.41) is 14.2. The third-order valence-electron chi connectivity index (χ3n) is 3.57. The molecule has 1 atom stereocenters. The van der Waals surface area contributed by atoms with E-state index >= 15 is 0 Å². The second-order valence-corrected chi connectivity index (χ2v) is 6.80. The van der Waals surface area contributed by atoms with Crippen LogP contribution in [-0.4, -0.2) is 40.7 Å². The van der Waals surface area contributed by atoms with E-state index in [0.29, 0.717) is 28.6 Å². The average molecular weight is 390 g/mol. The molecule has 0 spiro atoms. The number of carbonyl (C=O) groups is 1. The van der Waals surface area contributed by atoms with Crippen LogP contribution in [0.25, 0.3) is 11.5 Å². The molecule has 10 heteroatoms. The fourth-order valence-corrected chi connectivity index (χ4v) is 2.88. The van der Waals surface area contributed by atoms with Crippen molar-refractivity contribution >= 4 is 23.5 Å². The van der Waals surface area contributed by atoms with Crippen LogP contribution in [0.2, 0.25) is 0 Å². The number of rotatable bonds is 7. The average Bonchev–Trinajstić information content (AvgIpc) is 3.29. The molecule has 0 aliphatic carbocycles. The number of thioether (sulfide) groups is 1. The number of nitrogens with zero attached hydrogens (tertiary/aromatic N) is 3. The van der Waals surface area contributed by atoms with Crippen LogP contribution in [0.4, 0.5) is 5.82 Å². The third kappa shape index (κ3) is 4.40. The Bertz CT molecular complexity index is 939. The normalized spacial score (nSPS) is 11.9. The van der Waals surface area contributed by atoms with Gasteiger partial charge in [0.25, 0.3) is 11.1 Å². The summed E-state index contributed by atoms with van der Waals surface area (Å²) in [7, 11) is 3.12. The summed E-state index contributed by atoms with van der Waals surface area (Å²) in [6.45, 7) is 3.47. The molecule has 0 saturated carbocycles. The van der Waals surface area contributed by atoms with Crippen LogP contribution in [0, 0.1) is 6.92 Å². The number of hydrogen-bond acceptors (Lipinski definition) is 9. The lowest BCUT2D eigenvalue weighted by Gasteiger charge is -2.08. The number of hydrogen-bond donors (Lipinski definition) is 1. The van der Waals surface area contributed by atoms with Gasteiger partial charge in [0.1, 0.15) is 17.3 Å². The van der Waals surface area contributed by atoms with E-state index in [1.54, 1.807) is 52.3 Å². The summed E-state index contributed by atoms with van der Waals surface area (Å²) in [4.78, 5) is 12.2. The largest absolute Gasteiger partial charge is 0.497 e. The van der Waals surface area contributed by atoms with Gasteiger partial charge in [-0.15, -0.1) is 10.2 Å². The molecule has 2 aromatic heterocycles. The minimum Gasteiger partial charge on any atom is -0.497 e. The summed E-state index contributed by atoms with van der Waals surface area (Å²) in [6, 6.07) is 6.89. The molecule has 9 nitrogen and oxygen atoms in total. The van der Waals surface area contributed by atoms with E-state index < -0.39 is 5.25 Å². The van der Waals surface area contributed by atoms with Crippen molar-refractivity contribution in [1.29, 1.82) is 0 Å². The summed E-state index contributed by atoms with van der Waals surface area (Å²) in [5.74, 6) is 2.20. The van der Waals surface area contributed by atoms with Crippen LogP contribution in [0.3, 0.4) is 0 Å². The van der Waals surface area contributed by atoms with Crippen molar-refractivity contribution < 1.29 is 23.2 Å². The monoisotopic (exact) mass is 390 g/mol. The van der Waals surface area contributed by atoms with Crippen molar-refractivity contribution in [3.8, 4) is 23.0 Å². The quantitative estimate of drug-likeness (QED) is 0.608. The number of methoxy groups -OCH3 is 2. The molecular formula is C17H18N4O5S. The number of benzene rings is 1. The van der Waals surface area contributed by atoms with Crippen LogP contribution in [-0.2, 0) is 4.79 Å². The van der Waals surface area contributed by atoms with Gasteiger partial charge < -0.3 is 23.7 Å². The fraction of sp³-hybridized carbons (Fsp3) is 0.294. The van der Waals surface area contributed by atoms with Crippen LogP contribution in [0.1, 0.15) is 12.7 Å². The van der Waals surface area contributed by atoms with E-state index in [9.17, 15) is 4.79 Å². The summed E-state index contributed by atoms with van der Waals surface area (Å²) in [6.07, 6.45) is 0. The third-order valence-corrected chi connectivity index (χ3v) is 4.51. The van der Waals surface area contributed by atoms with E-state index in [2.05, 4.69) is 20.7 Å². The lowest BCUT2D eigenvalue weighted by atomic mass is 10.2. The molecule has 1 N–H and O–H groups in total. The first-order chi connectivity index (χ1) is 13.0. The van der Waals surface area contributed by atoms with Crippen molar-refractivity contribution in [3.63, 3.8) is 0 Å². The number of anilines is 1. The van der Waals surface area contributed by atoms with Gasteiger partial charge in [-0.1, -0.05) is 16.9 Å².